The molecule has 0 aliphatic rings. The fourth-order valence-corrected chi connectivity index (χ4v) is 2.00. The third kappa shape index (κ3) is 5.23. The van der Waals surface area contributed by atoms with E-state index < -0.39 is 17.5 Å². The molecule has 0 aliphatic carbocycles. The summed E-state index contributed by atoms with van der Waals surface area (Å²) < 4.78 is 10.7. The zero-order valence-corrected chi connectivity index (χ0v) is 13.9. The van der Waals surface area contributed by atoms with Crippen LogP contribution in [0.15, 0.2) is 22.7 Å². The summed E-state index contributed by atoms with van der Waals surface area (Å²) >= 11 is 3.27. The fourth-order valence-electron chi connectivity index (χ4n) is 1.53. The molecule has 21 heavy (non-hydrogen) atoms. The van der Waals surface area contributed by atoms with Crippen molar-refractivity contribution in [2.45, 2.75) is 26.4 Å². The van der Waals surface area contributed by atoms with E-state index in [1.54, 1.807) is 20.8 Å². The van der Waals surface area contributed by atoms with Gasteiger partial charge >= 0.3 is 11.9 Å². The van der Waals surface area contributed by atoms with Gasteiger partial charge < -0.3 is 14.6 Å². The van der Waals surface area contributed by atoms with Gasteiger partial charge in [-0.2, -0.15) is 0 Å². The molecular weight excluding hydrogens is 340 g/mol. The molecule has 0 amide bonds. The second kappa shape index (κ2) is 6.76. The largest absolute Gasteiger partial charge is 0.496 e. The van der Waals surface area contributed by atoms with Crippen molar-refractivity contribution in [3.05, 3.63) is 33.8 Å². The van der Waals surface area contributed by atoms with E-state index in [9.17, 15) is 9.59 Å². The van der Waals surface area contributed by atoms with Crippen LogP contribution >= 0.6 is 15.9 Å². The molecule has 0 spiro atoms. The molecule has 0 fully saturated rings. The van der Waals surface area contributed by atoms with Crippen LogP contribution in [0.5, 0.6) is 5.75 Å². The van der Waals surface area contributed by atoms with Gasteiger partial charge in [0.05, 0.1) is 7.11 Å². The third-order valence-corrected chi connectivity index (χ3v) is 3.04. The predicted octanol–water partition coefficient (Wildman–Crippen LogP) is 3.51. The number of hydrogen-bond acceptors (Lipinski definition) is 4. The predicted molar refractivity (Wildman–Crippen MR) is 82.5 cm³/mol. The number of carbonyl (C=O) groups excluding carboxylic acids is 1. The van der Waals surface area contributed by atoms with E-state index in [1.165, 1.54) is 31.4 Å². The van der Waals surface area contributed by atoms with Crippen molar-refractivity contribution in [1.82, 2.24) is 0 Å². The molecule has 0 saturated heterocycles. The Kier molecular flexibility index (Phi) is 5.54. The third-order valence-electron chi connectivity index (χ3n) is 2.35. The molecular formula is C15H17BrO5. The van der Waals surface area contributed by atoms with Gasteiger partial charge in [-0.25, -0.2) is 9.59 Å². The molecule has 0 aliphatic heterocycles. The van der Waals surface area contributed by atoms with Gasteiger partial charge in [0.2, 0.25) is 0 Å². The van der Waals surface area contributed by atoms with Crippen LogP contribution < -0.4 is 4.74 Å². The molecule has 114 valence electrons. The minimum Gasteiger partial charge on any atom is -0.496 e. The molecule has 1 N–H and O–H groups in total. The first kappa shape index (κ1) is 17.2. The van der Waals surface area contributed by atoms with Crippen LogP contribution in [0.25, 0.3) is 6.08 Å². The Hall–Kier alpha value is -1.82. The Morgan fingerprint density at radius 1 is 1.29 bits per heavy atom. The summed E-state index contributed by atoms with van der Waals surface area (Å²) in [5, 5.41) is 9.06. The van der Waals surface area contributed by atoms with Crippen LogP contribution in [0, 0.1) is 0 Å². The molecule has 0 radical (unpaired) electrons. The molecule has 5 nitrogen and oxygen atoms in total. The average molecular weight is 357 g/mol. The van der Waals surface area contributed by atoms with Gasteiger partial charge in [0.15, 0.2) is 0 Å². The Morgan fingerprint density at radius 3 is 2.38 bits per heavy atom. The maximum absolute atomic E-state index is 11.6. The van der Waals surface area contributed by atoms with Gasteiger partial charge in [0.25, 0.3) is 0 Å². The summed E-state index contributed by atoms with van der Waals surface area (Å²) in [6.45, 7) is 5.33. The van der Waals surface area contributed by atoms with Crippen LogP contribution in [-0.4, -0.2) is 29.8 Å². The Balaban J connectivity index is 3.04. The number of halogens is 1. The van der Waals surface area contributed by atoms with Crippen molar-refractivity contribution < 1.29 is 24.2 Å². The summed E-state index contributed by atoms with van der Waals surface area (Å²) in [6.07, 6.45) is 2.82. The molecule has 1 aromatic rings. The van der Waals surface area contributed by atoms with Crippen LogP contribution in [-0.2, 0) is 9.53 Å². The Labute approximate surface area is 131 Å². The highest BCUT2D eigenvalue weighted by Gasteiger charge is 2.15. The van der Waals surface area contributed by atoms with Crippen molar-refractivity contribution in [2.24, 2.45) is 0 Å². The SMILES string of the molecule is COc1cc(/C=C/C(=O)OC(C)(C)C)c(Br)cc1C(=O)O. The summed E-state index contributed by atoms with van der Waals surface area (Å²) in [6, 6.07) is 2.96. The molecule has 0 bridgehead atoms. The smallest absolute Gasteiger partial charge is 0.339 e. The van der Waals surface area contributed by atoms with E-state index in [4.69, 9.17) is 14.6 Å². The number of esters is 1. The highest BCUT2D eigenvalue weighted by molar-refractivity contribution is 9.10. The normalized spacial score (nSPS) is 11.5. The van der Waals surface area contributed by atoms with E-state index in [0.29, 0.717) is 10.0 Å². The van der Waals surface area contributed by atoms with Gasteiger partial charge in [-0.3, -0.25) is 0 Å². The lowest BCUT2D eigenvalue weighted by molar-refractivity contribution is -0.148. The summed E-state index contributed by atoms with van der Waals surface area (Å²) in [5.74, 6) is -1.35. The van der Waals surface area contributed by atoms with Gasteiger partial charge in [-0.15, -0.1) is 0 Å². The molecule has 1 rings (SSSR count). The second-order valence-corrected chi connectivity index (χ2v) is 6.10. The summed E-state index contributed by atoms with van der Waals surface area (Å²) in [5.41, 5.74) is 0.0882. The number of ether oxygens (including phenoxy) is 2. The van der Waals surface area contributed by atoms with Crippen molar-refractivity contribution in [1.29, 1.82) is 0 Å². The first-order chi connectivity index (χ1) is 9.64. The van der Waals surface area contributed by atoms with E-state index in [0.717, 1.165) is 0 Å². The van der Waals surface area contributed by atoms with E-state index in [2.05, 4.69) is 15.9 Å². The lowest BCUT2D eigenvalue weighted by Crippen LogP contribution is -2.22. The first-order valence-corrected chi connectivity index (χ1v) is 6.95. The standard InChI is InChI=1S/C15H17BrO5/c1-15(2,3)21-13(17)6-5-9-7-12(20-4)10(14(18)19)8-11(9)16/h5-8H,1-4H3,(H,18,19)/b6-5+. The minimum atomic E-state index is -1.09. The lowest BCUT2D eigenvalue weighted by Gasteiger charge is -2.18. The van der Waals surface area contributed by atoms with E-state index in [-0.39, 0.29) is 11.3 Å². The summed E-state index contributed by atoms with van der Waals surface area (Å²) in [7, 11) is 1.39. The molecule has 0 saturated carbocycles. The number of aromatic carboxylic acids is 1. The van der Waals surface area contributed by atoms with E-state index >= 15 is 0 Å². The molecule has 0 heterocycles. The zero-order chi connectivity index (χ0) is 16.2. The van der Waals surface area contributed by atoms with Crippen molar-refractivity contribution in [2.75, 3.05) is 7.11 Å². The zero-order valence-electron chi connectivity index (χ0n) is 12.3. The van der Waals surface area contributed by atoms with Crippen molar-refractivity contribution in [3.8, 4) is 5.75 Å². The van der Waals surface area contributed by atoms with Crippen LogP contribution in [0.4, 0.5) is 0 Å². The Morgan fingerprint density at radius 2 is 1.90 bits per heavy atom. The topological polar surface area (TPSA) is 72.8 Å². The molecule has 0 unspecified atom stereocenters. The van der Waals surface area contributed by atoms with Crippen molar-refractivity contribution >= 4 is 33.9 Å². The van der Waals surface area contributed by atoms with Gasteiger partial charge in [0, 0.05) is 10.5 Å². The number of methoxy groups -OCH3 is 1. The molecule has 0 aromatic heterocycles. The second-order valence-electron chi connectivity index (χ2n) is 5.25. The highest BCUT2D eigenvalue weighted by atomic mass is 79.9. The van der Waals surface area contributed by atoms with Gasteiger partial charge in [0.1, 0.15) is 16.9 Å². The van der Waals surface area contributed by atoms with Crippen LogP contribution in [0.2, 0.25) is 0 Å². The number of carboxylic acid groups (broad SMARTS) is 1. The molecule has 6 heteroatoms. The number of carbonyl (C=O) groups is 2. The fraction of sp³-hybridized carbons (Fsp3) is 0.333. The first-order valence-electron chi connectivity index (χ1n) is 6.16. The lowest BCUT2D eigenvalue weighted by atomic mass is 10.1. The molecule has 0 atom stereocenters. The number of benzene rings is 1. The number of carboxylic acids is 1. The Bertz CT molecular complexity index is 584. The monoisotopic (exact) mass is 356 g/mol. The van der Waals surface area contributed by atoms with Crippen LogP contribution in [0.1, 0.15) is 36.7 Å². The minimum absolute atomic E-state index is 0.0405. The maximum Gasteiger partial charge on any atom is 0.339 e. The number of rotatable bonds is 4. The van der Waals surface area contributed by atoms with Gasteiger partial charge in [-0.05, 0) is 44.5 Å². The van der Waals surface area contributed by atoms with E-state index in [1.807, 2.05) is 0 Å². The van der Waals surface area contributed by atoms with Gasteiger partial charge in [-0.1, -0.05) is 15.9 Å². The maximum atomic E-state index is 11.6. The quantitative estimate of drug-likeness (QED) is 0.660. The molecule has 1 aromatic carbocycles. The number of hydrogen-bond donors (Lipinski definition) is 1. The summed E-state index contributed by atoms with van der Waals surface area (Å²) in [4.78, 5) is 22.7. The average Bonchev–Trinajstić information content (AvgIpc) is 2.34. The van der Waals surface area contributed by atoms with Crippen LogP contribution in [0.3, 0.4) is 0 Å². The highest BCUT2D eigenvalue weighted by Crippen LogP contribution is 2.28. The van der Waals surface area contributed by atoms with Crippen molar-refractivity contribution in [3.63, 3.8) is 0 Å².